The van der Waals surface area contributed by atoms with Gasteiger partial charge in [0.2, 0.25) is 11.8 Å². The van der Waals surface area contributed by atoms with Crippen molar-refractivity contribution in [2.45, 2.75) is 50.9 Å². The fraction of sp³-hybridized carbons (Fsp3) is 0.333. The molecule has 2 amide bonds. The molecule has 2 aromatic carbocycles. The van der Waals surface area contributed by atoms with Gasteiger partial charge in [0.15, 0.2) is 0 Å². The lowest BCUT2D eigenvalue weighted by Gasteiger charge is -2.19. The lowest BCUT2D eigenvalue weighted by Crippen LogP contribution is -2.51. The molecule has 176 valence electrons. The second-order valence-corrected chi connectivity index (χ2v) is 7.79. The summed E-state index contributed by atoms with van der Waals surface area (Å²) < 4.78 is 4.78. The maximum absolute atomic E-state index is 12.3. The van der Waals surface area contributed by atoms with E-state index >= 15 is 0 Å². The number of amides is 2. The Kier molecular flexibility index (Phi) is 9.71. The summed E-state index contributed by atoms with van der Waals surface area (Å²) in [6.07, 6.45) is 0.583. The van der Waals surface area contributed by atoms with Gasteiger partial charge < -0.3 is 26.8 Å². The van der Waals surface area contributed by atoms with E-state index < -0.39 is 47.9 Å². The first-order chi connectivity index (χ1) is 15.7. The molecule has 33 heavy (non-hydrogen) atoms. The lowest BCUT2D eigenvalue weighted by atomic mass is 10.1. The summed E-state index contributed by atoms with van der Waals surface area (Å²) in [5.74, 6) is -3.03. The van der Waals surface area contributed by atoms with Crippen molar-refractivity contribution in [3.05, 3.63) is 71.8 Å². The van der Waals surface area contributed by atoms with Crippen LogP contribution in [0, 0.1) is 0 Å². The van der Waals surface area contributed by atoms with Crippen LogP contribution < -0.4 is 22.1 Å². The average Bonchev–Trinajstić information content (AvgIpc) is 2.80. The minimum atomic E-state index is -1.11. The van der Waals surface area contributed by atoms with E-state index in [1.54, 1.807) is 0 Å². The standard InChI is InChI=1S/C24H30N4O5/c1-15(27-21(29)19(25)13-17-9-5-3-6-10-17)23(31)33-24(32)16(2)28-22(30)20(26)14-18-11-7-4-8-12-18/h3-12,15-16,19-20H,13-14,25-26H2,1-2H3,(H,27,29)(H,28,30)/t15-,16-,19-,20-/m0/s1. The third-order valence-electron chi connectivity index (χ3n) is 4.90. The van der Waals surface area contributed by atoms with Crippen LogP contribution in [0.25, 0.3) is 0 Å². The Morgan fingerprint density at radius 1 is 0.697 bits per heavy atom. The minimum absolute atomic E-state index is 0.291. The number of carbonyl (C=O) groups excluding carboxylic acids is 4. The quantitative estimate of drug-likeness (QED) is 0.295. The first-order valence-electron chi connectivity index (χ1n) is 10.6. The van der Waals surface area contributed by atoms with Crippen molar-refractivity contribution < 1.29 is 23.9 Å². The van der Waals surface area contributed by atoms with Crippen molar-refractivity contribution >= 4 is 23.8 Å². The van der Waals surface area contributed by atoms with E-state index in [0.717, 1.165) is 11.1 Å². The number of carbonyl (C=O) groups is 4. The molecular formula is C24H30N4O5. The molecule has 0 heterocycles. The third kappa shape index (κ3) is 8.47. The highest BCUT2D eigenvalue weighted by Crippen LogP contribution is 2.04. The summed E-state index contributed by atoms with van der Waals surface area (Å²) in [6, 6.07) is 14.4. The van der Waals surface area contributed by atoms with Crippen molar-refractivity contribution in [2.24, 2.45) is 11.5 Å². The summed E-state index contributed by atoms with van der Waals surface area (Å²) in [5.41, 5.74) is 13.5. The van der Waals surface area contributed by atoms with Gasteiger partial charge >= 0.3 is 11.9 Å². The van der Waals surface area contributed by atoms with Gasteiger partial charge in [-0.15, -0.1) is 0 Å². The van der Waals surface area contributed by atoms with Crippen molar-refractivity contribution in [2.75, 3.05) is 0 Å². The van der Waals surface area contributed by atoms with Crippen LogP contribution >= 0.6 is 0 Å². The van der Waals surface area contributed by atoms with Crippen LogP contribution in [-0.2, 0) is 36.8 Å². The lowest BCUT2D eigenvalue weighted by molar-refractivity contribution is -0.163. The van der Waals surface area contributed by atoms with E-state index in [9.17, 15) is 19.2 Å². The molecule has 0 saturated heterocycles. The number of nitrogens with one attached hydrogen (secondary N) is 2. The third-order valence-corrected chi connectivity index (χ3v) is 4.90. The molecule has 4 atom stereocenters. The molecule has 9 heteroatoms. The predicted molar refractivity (Wildman–Crippen MR) is 123 cm³/mol. The molecule has 0 fully saturated rings. The number of benzene rings is 2. The molecule has 9 nitrogen and oxygen atoms in total. The minimum Gasteiger partial charge on any atom is -0.390 e. The van der Waals surface area contributed by atoms with Crippen LogP contribution in [0.2, 0.25) is 0 Å². The monoisotopic (exact) mass is 454 g/mol. The fourth-order valence-electron chi connectivity index (χ4n) is 2.96. The van der Waals surface area contributed by atoms with Gasteiger partial charge in [-0.05, 0) is 37.8 Å². The van der Waals surface area contributed by atoms with Crippen LogP contribution in [0.1, 0.15) is 25.0 Å². The summed E-state index contributed by atoms with van der Waals surface area (Å²) in [4.78, 5) is 48.9. The van der Waals surface area contributed by atoms with E-state index in [4.69, 9.17) is 16.2 Å². The van der Waals surface area contributed by atoms with Gasteiger partial charge in [0.05, 0.1) is 12.1 Å². The van der Waals surface area contributed by atoms with Gasteiger partial charge in [-0.25, -0.2) is 9.59 Å². The average molecular weight is 455 g/mol. The van der Waals surface area contributed by atoms with Crippen LogP contribution in [0.5, 0.6) is 0 Å². The van der Waals surface area contributed by atoms with Crippen LogP contribution in [-0.4, -0.2) is 47.9 Å². The molecule has 0 unspecified atom stereocenters. The van der Waals surface area contributed by atoms with Crippen molar-refractivity contribution in [3.8, 4) is 0 Å². The highest BCUT2D eigenvalue weighted by Gasteiger charge is 2.27. The van der Waals surface area contributed by atoms with Gasteiger partial charge in [0.25, 0.3) is 0 Å². The number of esters is 2. The van der Waals surface area contributed by atoms with E-state index in [1.807, 2.05) is 60.7 Å². The highest BCUT2D eigenvalue weighted by atomic mass is 16.6. The molecule has 0 aliphatic carbocycles. The molecule has 0 aromatic heterocycles. The molecule has 0 aliphatic rings. The van der Waals surface area contributed by atoms with E-state index in [2.05, 4.69) is 10.6 Å². The van der Waals surface area contributed by atoms with E-state index in [0.29, 0.717) is 12.8 Å². The molecule has 0 spiro atoms. The maximum atomic E-state index is 12.3. The number of ether oxygens (including phenoxy) is 1. The fourth-order valence-corrected chi connectivity index (χ4v) is 2.96. The molecule has 0 bridgehead atoms. The second kappa shape index (κ2) is 12.5. The first-order valence-corrected chi connectivity index (χ1v) is 10.6. The molecular weight excluding hydrogens is 424 g/mol. The number of hydrogen-bond donors (Lipinski definition) is 4. The zero-order chi connectivity index (χ0) is 24.4. The first kappa shape index (κ1) is 25.7. The highest BCUT2D eigenvalue weighted by molar-refractivity contribution is 5.95. The number of hydrogen-bond acceptors (Lipinski definition) is 7. The Morgan fingerprint density at radius 2 is 1.03 bits per heavy atom. The van der Waals surface area contributed by atoms with Gasteiger partial charge in [0.1, 0.15) is 12.1 Å². The van der Waals surface area contributed by atoms with Gasteiger partial charge in [-0.2, -0.15) is 0 Å². The molecule has 2 rings (SSSR count). The number of rotatable bonds is 10. The zero-order valence-electron chi connectivity index (χ0n) is 18.7. The summed E-state index contributed by atoms with van der Waals surface area (Å²) in [6.45, 7) is 2.75. The van der Waals surface area contributed by atoms with Gasteiger partial charge in [-0.1, -0.05) is 60.7 Å². The Hall–Kier alpha value is -3.56. The largest absolute Gasteiger partial charge is 0.390 e. The second-order valence-electron chi connectivity index (χ2n) is 7.79. The maximum Gasteiger partial charge on any atom is 0.336 e. The van der Waals surface area contributed by atoms with E-state index in [-0.39, 0.29) is 0 Å². The Labute approximate surface area is 192 Å². The van der Waals surface area contributed by atoms with Crippen molar-refractivity contribution in [3.63, 3.8) is 0 Å². The number of nitrogens with two attached hydrogens (primary N) is 2. The van der Waals surface area contributed by atoms with Crippen molar-refractivity contribution in [1.29, 1.82) is 0 Å². The predicted octanol–water partition coefficient (Wildman–Crippen LogP) is 0.206. The zero-order valence-corrected chi connectivity index (χ0v) is 18.7. The summed E-state index contributed by atoms with van der Waals surface area (Å²) in [5, 5.41) is 4.86. The molecule has 0 aliphatic heterocycles. The molecule has 2 aromatic rings. The topological polar surface area (TPSA) is 154 Å². The SMILES string of the molecule is C[C@H](NC(=O)[C@@H](N)Cc1ccccc1)C(=O)OC(=O)[C@H](C)NC(=O)[C@@H](N)Cc1ccccc1. The van der Waals surface area contributed by atoms with Crippen molar-refractivity contribution in [1.82, 2.24) is 10.6 Å². The van der Waals surface area contributed by atoms with Crippen LogP contribution in [0.4, 0.5) is 0 Å². The van der Waals surface area contributed by atoms with Crippen LogP contribution in [0.3, 0.4) is 0 Å². The van der Waals surface area contributed by atoms with E-state index in [1.165, 1.54) is 13.8 Å². The summed E-state index contributed by atoms with van der Waals surface area (Å²) >= 11 is 0. The van der Waals surface area contributed by atoms with Crippen LogP contribution in [0.15, 0.2) is 60.7 Å². The normalized spacial score (nSPS) is 14.3. The smallest absolute Gasteiger partial charge is 0.336 e. The summed E-state index contributed by atoms with van der Waals surface area (Å²) in [7, 11) is 0. The molecule has 6 N–H and O–H groups in total. The van der Waals surface area contributed by atoms with Gasteiger partial charge in [-0.3, -0.25) is 9.59 Å². The Bertz CT molecular complexity index is 874. The van der Waals surface area contributed by atoms with Gasteiger partial charge in [0, 0.05) is 0 Å². The molecule has 0 radical (unpaired) electrons. The Balaban J connectivity index is 1.78. The Morgan fingerprint density at radius 3 is 1.36 bits per heavy atom. The molecule has 0 saturated carbocycles.